The Morgan fingerprint density at radius 3 is 1.27 bits per heavy atom. The van der Waals surface area contributed by atoms with Crippen molar-refractivity contribution in [2.24, 2.45) is 43.3 Å². The second-order valence-corrected chi connectivity index (χ2v) is 30.6. The van der Waals surface area contributed by atoms with E-state index in [2.05, 4.69) is 264 Å². The Morgan fingerprint density at radius 2 is 0.951 bits per heavy atom. The van der Waals surface area contributed by atoms with E-state index in [9.17, 15) is 4.79 Å². The number of Topliss-reactive ketones (excluding diaryl/α,β-unsaturated/α-hetero) is 1. The number of benzene rings is 2. The predicted octanol–water partition coefficient (Wildman–Crippen LogP) is 25.5. The second kappa shape index (κ2) is 43.6. The first-order valence-electron chi connectivity index (χ1n) is 31.8. The van der Waals surface area contributed by atoms with Crippen LogP contribution in [0, 0.1) is 55.2 Å². The molecule has 0 N–H and O–H groups in total. The molecule has 0 amide bonds. The molecule has 82 heavy (non-hydrogen) atoms. The van der Waals surface area contributed by atoms with Gasteiger partial charge >= 0.3 is 0 Å². The van der Waals surface area contributed by atoms with Crippen LogP contribution in [-0.2, 0) is 9.47 Å². The zero-order valence-corrected chi connectivity index (χ0v) is 59.6. The van der Waals surface area contributed by atoms with Gasteiger partial charge in [-0.05, 0) is 97.9 Å². The summed E-state index contributed by atoms with van der Waals surface area (Å²) in [7, 11) is 0. The van der Waals surface area contributed by atoms with Crippen LogP contribution in [0.15, 0.2) is 127 Å². The maximum atomic E-state index is 11.7. The van der Waals surface area contributed by atoms with Crippen molar-refractivity contribution in [3.8, 4) is 11.8 Å². The molecule has 0 unspecified atom stereocenters. The molecule has 3 nitrogen and oxygen atoms in total. The zero-order valence-electron chi connectivity index (χ0n) is 59.6. The molecule has 0 bridgehead atoms. The number of unbranched alkanes of at least 4 members (excludes halogenated alkanes) is 7. The summed E-state index contributed by atoms with van der Waals surface area (Å²) in [5.41, 5.74) is 5.51. The second-order valence-electron chi connectivity index (χ2n) is 30.6. The highest BCUT2D eigenvalue weighted by Crippen LogP contribution is 2.40. The lowest BCUT2D eigenvalue weighted by Gasteiger charge is -2.34. The number of carbonyl (C=O) groups is 1. The lowest BCUT2D eigenvalue weighted by molar-refractivity contribution is -0.162. The SMILES string of the molecule is C=CC(C)(C)C.CC#CC(C)(C)C.CC(C)(C)/C=C/c1ccccc1.CC(C)(C)C(=O)c1ccccc1.CC(C)(C)C1=CCC2(CC1)OCCO2.CCC/C=C/C(C)(C)C.CCCC/C=C/C(C)(C)C.CCCCCC/C=C/C(C)(C)C. The zero-order chi connectivity index (χ0) is 64.4. The Bertz CT molecular complexity index is 2080. The molecule has 1 saturated heterocycles. The number of hydrogen-bond donors (Lipinski definition) is 0. The minimum Gasteiger partial charge on any atom is -0.347 e. The molecule has 3 heteroatoms. The first-order valence-corrected chi connectivity index (χ1v) is 31.8. The van der Waals surface area contributed by atoms with Gasteiger partial charge in [0, 0.05) is 29.2 Å². The van der Waals surface area contributed by atoms with Gasteiger partial charge in [0.1, 0.15) is 0 Å². The Kier molecular flexibility index (Phi) is 44.9. The van der Waals surface area contributed by atoms with Crippen LogP contribution in [-0.4, -0.2) is 24.8 Å². The van der Waals surface area contributed by atoms with E-state index in [1.165, 1.54) is 69.8 Å². The van der Waals surface area contributed by atoms with E-state index >= 15 is 0 Å². The van der Waals surface area contributed by atoms with Gasteiger partial charge in [0.05, 0.1) is 13.2 Å². The summed E-state index contributed by atoms with van der Waals surface area (Å²) in [6.45, 7) is 65.7. The van der Waals surface area contributed by atoms with Crippen LogP contribution < -0.4 is 0 Å². The smallest absolute Gasteiger partial charge is 0.172 e. The molecule has 1 aliphatic heterocycles. The fourth-order valence-corrected chi connectivity index (χ4v) is 7.04. The first-order chi connectivity index (χ1) is 37.4. The van der Waals surface area contributed by atoms with Gasteiger partial charge < -0.3 is 9.47 Å². The normalized spacial score (nSPS) is 14.5. The van der Waals surface area contributed by atoms with Crippen molar-refractivity contribution in [1.29, 1.82) is 0 Å². The van der Waals surface area contributed by atoms with Crippen LogP contribution in [0.25, 0.3) is 6.08 Å². The molecule has 2 aromatic rings. The number of carbonyl (C=O) groups excluding carboxylic acids is 1. The van der Waals surface area contributed by atoms with Crippen LogP contribution in [0.1, 0.15) is 293 Å². The van der Waals surface area contributed by atoms with Crippen LogP contribution in [0.5, 0.6) is 0 Å². The van der Waals surface area contributed by atoms with Gasteiger partial charge in [-0.2, -0.15) is 0 Å². The summed E-state index contributed by atoms with van der Waals surface area (Å²) >= 11 is 0. The third kappa shape index (κ3) is 60.6. The van der Waals surface area contributed by atoms with Gasteiger partial charge in [0.2, 0.25) is 0 Å². The van der Waals surface area contributed by atoms with E-state index in [0.29, 0.717) is 27.1 Å². The number of ketones is 1. The summed E-state index contributed by atoms with van der Waals surface area (Å²) in [5.74, 6) is 5.83. The van der Waals surface area contributed by atoms with Gasteiger partial charge in [-0.1, -0.05) is 338 Å². The van der Waals surface area contributed by atoms with Gasteiger partial charge in [-0.3, -0.25) is 4.79 Å². The van der Waals surface area contributed by atoms with Crippen molar-refractivity contribution >= 4 is 11.9 Å². The number of ether oxygens (including phenoxy) is 2. The summed E-state index contributed by atoms with van der Waals surface area (Å²) in [6, 6.07) is 19.8. The van der Waals surface area contributed by atoms with Crippen molar-refractivity contribution in [3.63, 3.8) is 0 Å². The minimum absolute atomic E-state index is 0.189. The summed E-state index contributed by atoms with van der Waals surface area (Å²) in [6.07, 6.45) is 38.6. The summed E-state index contributed by atoms with van der Waals surface area (Å²) in [4.78, 5) is 11.7. The van der Waals surface area contributed by atoms with Crippen LogP contribution in [0.2, 0.25) is 0 Å². The molecule has 0 radical (unpaired) electrons. The maximum absolute atomic E-state index is 11.7. The first kappa shape index (κ1) is 84.5. The maximum Gasteiger partial charge on any atom is 0.172 e. The van der Waals surface area contributed by atoms with Gasteiger partial charge in [-0.15, -0.1) is 12.5 Å². The molecule has 1 fully saturated rings. The number of allylic oxidation sites excluding steroid dienone is 9. The fourth-order valence-electron chi connectivity index (χ4n) is 7.04. The lowest BCUT2D eigenvalue weighted by atomic mass is 9.79. The quantitative estimate of drug-likeness (QED) is 0.0920. The fraction of sp³-hybridized carbons (Fsp3) is 0.658. The Morgan fingerprint density at radius 1 is 0.537 bits per heavy atom. The van der Waals surface area contributed by atoms with Crippen LogP contribution in [0.4, 0.5) is 0 Å². The summed E-state index contributed by atoms with van der Waals surface area (Å²) < 4.78 is 11.4. The molecular weight excluding hydrogens is 997 g/mol. The predicted molar refractivity (Wildman–Crippen MR) is 373 cm³/mol. The van der Waals surface area contributed by atoms with Crippen molar-refractivity contribution in [3.05, 3.63) is 139 Å². The van der Waals surface area contributed by atoms with Crippen LogP contribution in [0.3, 0.4) is 0 Å². The third-order valence-electron chi connectivity index (χ3n) is 11.9. The minimum atomic E-state index is -0.276. The van der Waals surface area contributed by atoms with Crippen molar-refractivity contribution in [1.82, 2.24) is 0 Å². The number of hydrogen-bond acceptors (Lipinski definition) is 3. The van der Waals surface area contributed by atoms with E-state index in [4.69, 9.17) is 9.47 Å². The van der Waals surface area contributed by atoms with E-state index < -0.39 is 0 Å². The molecule has 2 aromatic carbocycles. The van der Waals surface area contributed by atoms with Gasteiger partial charge in [0.15, 0.2) is 11.6 Å². The molecule has 0 saturated carbocycles. The lowest BCUT2D eigenvalue weighted by Crippen LogP contribution is -2.33. The standard InChI is InChI=1S/C12H20O2.C12H16.C12H24.C11H14O.C10H20.C9H18.C7H12.C6H12/c1-11(2,3)10-4-6-12(7-5-10)13-8-9-14-12;1-12(2,3)10-9-11-7-5-4-6-8-11;1-5-6-7-8-9-10-11-12(2,3)4;1-11(2,3)10(12)9-7-5-4-6-8-9;1-5-6-7-8-9-10(2,3)4;1-5-6-7-8-9(2,3)4;1-5-6-7(2,3)4;1-5-6(2,3)4/h4H,5-9H2,1-3H3;4-10H,1-3H3;10-11H,5-9H2,1-4H3;4-8H,1-3H3;8-9H,5-7H2,1-4H3;7-8H,5-6H2,1-4H3;1-4H3;5H,1H2,2-4H3/b;10-9+;11-10+;;9-8+;8-7+;;. The van der Waals surface area contributed by atoms with Crippen molar-refractivity contribution in [2.45, 2.75) is 283 Å². The van der Waals surface area contributed by atoms with E-state index in [-0.39, 0.29) is 27.8 Å². The molecule has 1 aliphatic carbocycles. The largest absolute Gasteiger partial charge is 0.347 e. The topological polar surface area (TPSA) is 35.5 Å². The average Bonchev–Trinajstić information content (AvgIpc) is 3.80. The highest BCUT2D eigenvalue weighted by molar-refractivity contribution is 5.99. The van der Waals surface area contributed by atoms with Gasteiger partial charge in [-0.25, -0.2) is 0 Å². The van der Waals surface area contributed by atoms with E-state index in [0.717, 1.165) is 38.0 Å². The highest BCUT2D eigenvalue weighted by Gasteiger charge is 2.39. The Hall–Kier alpha value is -3.97. The molecule has 0 aromatic heterocycles. The van der Waals surface area contributed by atoms with Crippen LogP contribution >= 0.6 is 0 Å². The molecular formula is C79H136O3. The van der Waals surface area contributed by atoms with Gasteiger partial charge in [0.25, 0.3) is 0 Å². The highest BCUT2D eigenvalue weighted by atomic mass is 16.7. The van der Waals surface area contributed by atoms with E-state index in [1.54, 1.807) is 5.57 Å². The molecule has 4 rings (SSSR count). The molecule has 2 aliphatic rings. The van der Waals surface area contributed by atoms with Crippen molar-refractivity contribution < 1.29 is 14.3 Å². The third-order valence-corrected chi connectivity index (χ3v) is 11.9. The van der Waals surface area contributed by atoms with E-state index in [1.807, 2.05) is 70.2 Å². The number of rotatable bonds is 12. The molecule has 1 spiro atoms. The average molecular weight is 1130 g/mol. The monoisotopic (exact) mass is 1130 g/mol. The van der Waals surface area contributed by atoms with Crippen molar-refractivity contribution in [2.75, 3.05) is 13.2 Å². The Labute approximate surface area is 513 Å². The summed E-state index contributed by atoms with van der Waals surface area (Å²) in [5, 5.41) is 0. The molecule has 470 valence electrons. The molecule has 1 heterocycles. The Balaban J connectivity index is -0.000000429. The molecule has 0 atom stereocenters.